The fourth-order valence-electron chi connectivity index (χ4n) is 5.72. The Morgan fingerprint density at radius 1 is 0.953 bits per heavy atom. The molecule has 5 rings (SSSR count). The van der Waals surface area contributed by atoms with Crippen molar-refractivity contribution in [1.82, 2.24) is 14.5 Å². The standard InChI is InChI=1S/C33H39N3O6S/c1-41-29-15-11-26(12-16-29)31(32(37)34-28-9-5-6-10-28)36(20-19-25-7-3-2-4-8-25)33(38)27-13-17-30(18-14-27)43(39,40)35-21-23-42-24-22-35/h2-4,7-8,11-18,28,31H,5-6,9-10,19-24H2,1H3,(H,34,37)/t31-/m1/s1. The van der Waals surface area contributed by atoms with Crippen LogP contribution in [0.5, 0.6) is 5.75 Å². The predicted octanol–water partition coefficient (Wildman–Crippen LogP) is 4.20. The lowest BCUT2D eigenvalue weighted by Crippen LogP contribution is -2.46. The third-order valence-electron chi connectivity index (χ3n) is 8.15. The zero-order chi connectivity index (χ0) is 30.2. The summed E-state index contributed by atoms with van der Waals surface area (Å²) in [6, 6.07) is 22.2. The molecule has 1 aliphatic heterocycles. The zero-order valence-electron chi connectivity index (χ0n) is 24.5. The first-order chi connectivity index (χ1) is 20.9. The third-order valence-corrected chi connectivity index (χ3v) is 10.1. The van der Waals surface area contributed by atoms with Gasteiger partial charge in [0.15, 0.2) is 0 Å². The van der Waals surface area contributed by atoms with Gasteiger partial charge in [-0.15, -0.1) is 0 Å². The summed E-state index contributed by atoms with van der Waals surface area (Å²) >= 11 is 0. The number of carbonyl (C=O) groups excluding carboxylic acids is 2. The highest BCUT2D eigenvalue weighted by molar-refractivity contribution is 7.89. The lowest BCUT2D eigenvalue weighted by molar-refractivity contribution is -0.126. The highest BCUT2D eigenvalue weighted by Crippen LogP contribution is 2.28. The quantitative estimate of drug-likeness (QED) is 0.351. The minimum absolute atomic E-state index is 0.0731. The summed E-state index contributed by atoms with van der Waals surface area (Å²) in [5.41, 5.74) is 2.02. The molecule has 1 saturated carbocycles. The number of carbonyl (C=O) groups is 2. The fraction of sp³-hybridized carbons (Fsp3) is 0.394. The molecule has 0 spiro atoms. The Morgan fingerprint density at radius 3 is 2.23 bits per heavy atom. The first kappa shape index (κ1) is 30.7. The largest absolute Gasteiger partial charge is 0.497 e. The third kappa shape index (κ3) is 7.44. The number of rotatable bonds is 11. The van der Waals surface area contributed by atoms with Crippen LogP contribution >= 0.6 is 0 Å². The summed E-state index contributed by atoms with van der Waals surface area (Å²) in [6.07, 6.45) is 4.50. The lowest BCUT2D eigenvalue weighted by atomic mass is 10.0. The molecule has 2 amide bonds. The normalized spacial score (nSPS) is 16.9. The Morgan fingerprint density at radius 2 is 1.60 bits per heavy atom. The molecule has 0 unspecified atom stereocenters. The van der Waals surface area contributed by atoms with E-state index in [1.54, 1.807) is 24.1 Å². The molecule has 9 nitrogen and oxygen atoms in total. The zero-order valence-corrected chi connectivity index (χ0v) is 25.3. The second-order valence-corrected chi connectivity index (χ2v) is 12.9. The highest BCUT2D eigenvalue weighted by Gasteiger charge is 2.34. The minimum Gasteiger partial charge on any atom is -0.497 e. The summed E-state index contributed by atoms with van der Waals surface area (Å²) < 4.78 is 38.4. The molecule has 0 radical (unpaired) electrons. The average Bonchev–Trinajstić information content (AvgIpc) is 3.57. The first-order valence-electron chi connectivity index (χ1n) is 14.8. The van der Waals surface area contributed by atoms with Gasteiger partial charge in [0.2, 0.25) is 15.9 Å². The lowest BCUT2D eigenvalue weighted by Gasteiger charge is -2.32. The molecule has 228 valence electrons. The fourth-order valence-corrected chi connectivity index (χ4v) is 7.13. The van der Waals surface area contributed by atoms with Crippen molar-refractivity contribution >= 4 is 21.8 Å². The Hall–Kier alpha value is -3.73. The van der Waals surface area contributed by atoms with Crippen molar-refractivity contribution in [3.8, 4) is 5.75 Å². The van der Waals surface area contributed by atoms with E-state index in [0.29, 0.717) is 36.5 Å². The van der Waals surface area contributed by atoms with Crippen molar-refractivity contribution in [2.45, 2.75) is 49.1 Å². The molecule has 0 bridgehead atoms. The molecule has 2 aliphatic rings. The molecular weight excluding hydrogens is 566 g/mol. The molecule has 3 aromatic carbocycles. The number of sulfonamides is 1. The molecule has 1 heterocycles. The summed E-state index contributed by atoms with van der Waals surface area (Å²) in [4.78, 5) is 29.9. The number of morpholine rings is 1. The van der Waals surface area contributed by atoms with Gasteiger partial charge in [0.25, 0.3) is 5.91 Å². The number of methoxy groups -OCH3 is 1. The molecule has 1 atom stereocenters. The van der Waals surface area contributed by atoms with Crippen molar-refractivity contribution in [3.05, 3.63) is 95.6 Å². The van der Waals surface area contributed by atoms with Crippen molar-refractivity contribution in [3.63, 3.8) is 0 Å². The summed E-state index contributed by atoms with van der Waals surface area (Å²) in [5, 5.41) is 3.20. The van der Waals surface area contributed by atoms with Gasteiger partial charge in [0, 0.05) is 31.2 Å². The van der Waals surface area contributed by atoms with Crippen LogP contribution in [0.1, 0.15) is 53.2 Å². The van der Waals surface area contributed by atoms with E-state index in [9.17, 15) is 18.0 Å². The molecule has 10 heteroatoms. The maximum absolute atomic E-state index is 14.3. The molecule has 1 aliphatic carbocycles. The molecule has 1 saturated heterocycles. The van der Waals surface area contributed by atoms with Gasteiger partial charge in [-0.2, -0.15) is 4.31 Å². The van der Waals surface area contributed by atoms with Crippen LogP contribution in [-0.4, -0.2) is 75.4 Å². The predicted molar refractivity (Wildman–Crippen MR) is 163 cm³/mol. The number of hydrogen-bond donors (Lipinski definition) is 1. The van der Waals surface area contributed by atoms with Gasteiger partial charge in [0.1, 0.15) is 11.8 Å². The molecule has 3 aromatic rings. The van der Waals surface area contributed by atoms with E-state index in [-0.39, 0.29) is 42.4 Å². The number of nitrogens with zero attached hydrogens (tertiary/aromatic N) is 2. The van der Waals surface area contributed by atoms with Crippen molar-refractivity contribution < 1.29 is 27.5 Å². The summed E-state index contributed by atoms with van der Waals surface area (Å²) in [7, 11) is -2.13. The van der Waals surface area contributed by atoms with E-state index in [4.69, 9.17) is 9.47 Å². The van der Waals surface area contributed by atoms with Gasteiger partial charge in [0.05, 0.1) is 25.2 Å². The molecule has 2 fully saturated rings. The molecule has 43 heavy (non-hydrogen) atoms. The van der Waals surface area contributed by atoms with E-state index >= 15 is 0 Å². The van der Waals surface area contributed by atoms with E-state index in [0.717, 1.165) is 31.2 Å². The number of amides is 2. The van der Waals surface area contributed by atoms with Crippen LogP contribution in [0.4, 0.5) is 0 Å². The van der Waals surface area contributed by atoms with Crippen LogP contribution in [0.2, 0.25) is 0 Å². The smallest absolute Gasteiger partial charge is 0.254 e. The van der Waals surface area contributed by atoms with Crippen LogP contribution < -0.4 is 10.1 Å². The van der Waals surface area contributed by atoms with Crippen molar-refractivity contribution in [2.75, 3.05) is 40.0 Å². The first-order valence-corrected chi connectivity index (χ1v) is 16.3. The van der Waals surface area contributed by atoms with E-state index in [2.05, 4.69) is 5.32 Å². The SMILES string of the molecule is COc1ccc([C@H](C(=O)NC2CCCC2)N(CCc2ccccc2)C(=O)c2ccc(S(=O)(=O)N3CCOCC3)cc2)cc1. The van der Waals surface area contributed by atoms with Crippen LogP contribution in [0.25, 0.3) is 0 Å². The Balaban J connectivity index is 1.47. The maximum Gasteiger partial charge on any atom is 0.254 e. The van der Waals surface area contributed by atoms with Crippen LogP contribution in [0.3, 0.4) is 0 Å². The Kier molecular flexibility index (Phi) is 10.1. The monoisotopic (exact) mass is 605 g/mol. The van der Waals surface area contributed by atoms with Crippen LogP contribution in [0.15, 0.2) is 83.8 Å². The summed E-state index contributed by atoms with van der Waals surface area (Å²) in [5.74, 6) is 0.0663. The van der Waals surface area contributed by atoms with Gasteiger partial charge in [-0.3, -0.25) is 9.59 Å². The van der Waals surface area contributed by atoms with Crippen molar-refractivity contribution in [1.29, 1.82) is 0 Å². The van der Waals surface area contributed by atoms with Gasteiger partial charge >= 0.3 is 0 Å². The number of hydrogen-bond acceptors (Lipinski definition) is 6. The van der Waals surface area contributed by atoms with E-state index in [1.165, 1.54) is 28.6 Å². The van der Waals surface area contributed by atoms with E-state index in [1.807, 2.05) is 42.5 Å². The Labute approximate surface area is 253 Å². The van der Waals surface area contributed by atoms with Crippen molar-refractivity contribution in [2.24, 2.45) is 0 Å². The molecule has 0 aromatic heterocycles. The maximum atomic E-state index is 14.3. The van der Waals surface area contributed by atoms with Crippen LogP contribution in [0, 0.1) is 0 Å². The van der Waals surface area contributed by atoms with Gasteiger partial charge in [-0.1, -0.05) is 55.3 Å². The topological polar surface area (TPSA) is 105 Å². The Bertz CT molecular complexity index is 1470. The molecule has 1 N–H and O–H groups in total. The van der Waals surface area contributed by atoms with Crippen LogP contribution in [-0.2, 0) is 26.0 Å². The summed E-state index contributed by atoms with van der Waals surface area (Å²) in [6.45, 7) is 1.56. The number of nitrogens with one attached hydrogen (secondary N) is 1. The highest BCUT2D eigenvalue weighted by atomic mass is 32.2. The van der Waals surface area contributed by atoms with Gasteiger partial charge < -0.3 is 19.7 Å². The van der Waals surface area contributed by atoms with E-state index < -0.39 is 16.1 Å². The minimum atomic E-state index is -3.71. The van der Waals surface area contributed by atoms with Gasteiger partial charge in [-0.05, 0) is 66.8 Å². The number of benzene rings is 3. The molecular formula is C33H39N3O6S. The average molecular weight is 606 g/mol. The second-order valence-electron chi connectivity index (χ2n) is 10.9. The number of ether oxygens (including phenoxy) is 2. The second kappa shape index (κ2) is 14.2. The van der Waals surface area contributed by atoms with Gasteiger partial charge in [-0.25, -0.2) is 8.42 Å².